The van der Waals surface area contributed by atoms with Crippen LogP contribution in [-0.4, -0.2) is 26.0 Å². The summed E-state index contributed by atoms with van der Waals surface area (Å²) in [7, 11) is 0. The highest BCUT2D eigenvalue weighted by Gasteiger charge is 2.36. The Hall–Kier alpha value is 0.880. The van der Waals surface area contributed by atoms with E-state index in [0.717, 1.165) is 51.3 Å². The number of benzene rings is 2. The quantitative estimate of drug-likeness (QED) is 0.317. The molecule has 3 nitrogen and oxygen atoms in total. The van der Waals surface area contributed by atoms with Crippen molar-refractivity contribution in [3.63, 3.8) is 0 Å². The average molecular weight is 742 g/mol. The van der Waals surface area contributed by atoms with Gasteiger partial charge in [-0.3, -0.25) is 0 Å². The smallest absolute Gasteiger partial charge is 0.210 e. The normalized spacial score (nSPS) is 15.2. The lowest BCUT2D eigenvalue weighted by molar-refractivity contribution is 0.0726. The molecule has 0 atom stereocenters. The summed E-state index contributed by atoms with van der Waals surface area (Å²) < 4.78 is 12.2. The van der Waals surface area contributed by atoms with Crippen molar-refractivity contribution in [1.29, 1.82) is 0 Å². The van der Waals surface area contributed by atoms with Crippen LogP contribution in [0.3, 0.4) is 0 Å². The predicted molar refractivity (Wildman–Crippen MR) is 129 cm³/mol. The summed E-state index contributed by atoms with van der Waals surface area (Å²) in [4.78, 5) is 4.54. The van der Waals surface area contributed by atoms with E-state index in [4.69, 9.17) is 4.74 Å². The summed E-state index contributed by atoms with van der Waals surface area (Å²) in [6, 6.07) is 8.21. The van der Waals surface area contributed by atoms with Crippen LogP contribution in [0.2, 0.25) is 0 Å². The predicted octanol–water partition coefficient (Wildman–Crippen LogP) is 7.91. The second-order valence-electron chi connectivity index (χ2n) is 5.60. The third-order valence-corrected chi connectivity index (χ3v) is 7.30. The number of hydrogen-bond acceptors (Lipinski definition) is 3. The third kappa shape index (κ3) is 4.39. The van der Waals surface area contributed by atoms with Crippen LogP contribution in [0.4, 0.5) is 11.4 Å². The van der Waals surface area contributed by atoms with E-state index in [2.05, 4.69) is 130 Å². The number of anilines is 2. The Balaban J connectivity index is 2.05. The largest absolute Gasteiger partial charge is 0.341 e. The van der Waals surface area contributed by atoms with E-state index in [1.165, 1.54) is 0 Å². The molecule has 0 unspecified atom stereocenters. The van der Waals surface area contributed by atoms with Crippen LogP contribution < -0.4 is 9.80 Å². The molecule has 1 aliphatic heterocycles. The molecule has 2 aromatic carbocycles. The maximum atomic E-state index is 6.16. The minimum absolute atomic E-state index is 0.206. The van der Waals surface area contributed by atoms with Gasteiger partial charge in [0.15, 0.2) is 0 Å². The number of ether oxygens (including phenoxy) is 1. The molecule has 140 valence electrons. The van der Waals surface area contributed by atoms with Crippen LogP contribution in [0.1, 0.15) is 6.92 Å². The van der Waals surface area contributed by atoms with Gasteiger partial charge in [0.1, 0.15) is 0 Å². The lowest BCUT2D eigenvalue weighted by atomic mass is 10.3. The molecule has 0 spiro atoms. The van der Waals surface area contributed by atoms with Crippen LogP contribution >= 0.6 is 95.6 Å². The Labute approximate surface area is 203 Å². The topological polar surface area (TPSA) is 15.7 Å². The maximum absolute atomic E-state index is 6.16. The molecule has 26 heavy (non-hydrogen) atoms. The minimum atomic E-state index is -0.206. The second kappa shape index (κ2) is 9.13. The van der Waals surface area contributed by atoms with E-state index < -0.39 is 0 Å². The number of halogens is 6. The summed E-state index contributed by atoms with van der Waals surface area (Å²) >= 11 is 21.9. The number of hydrogen-bond donors (Lipinski definition) is 0. The fraction of sp³-hybridized carbons (Fsp3) is 0.294. The Morgan fingerprint density at radius 1 is 0.769 bits per heavy atom. The molecular formula is C17H14Br6N2O. The van der Waals surface area contributed by atoms with Gasteiger partial charge in [-0.1, -0.05) is 31.9 Å². The highest BCUT2D eigenvalue weighted by Crippen LogP contribution is 2.44. The first-order valence-electron chi connectivity index (χ1n) is 7.77. The fourth-order valence-electron chi connectivity index (χ4n) is 3.00. The van der Waals surface area contributed by atoms with Gasteiger partial charge in [-0.05, 0) is 94.9 Å². The van der Waals surface area contributed by atoms with Crippen molar-refractivity contribution in [3.8, 4) is 0 Å². The van der Waals surface area contributed by atoms with Gasteiger partial charge < -0.3 is 14.5 Å². The first-order valence-corrected chi connectivity index (χ1v) is 12.5. The molecular weight excluding hydrogens is 728 g/mol. The number of nitrogens with zero attached hydrogens (tertiary/aromatic N) is 2. The molecule has 1 aliphatic rings. The summed E-state index contributed by atoms with van der Waals surface area (Å²) in [6.45, 7) is 4.33. The molecule has 1 saturated heterocycles. The van der Waals surface area contributed by atoms with Crippen molar-refractivity contribution in [3.05, 3.63) is 51.1 Å². The average Bonchev–Trinajstić information content (AvgIpc) is 2.89. The molecule has 9 heteroatoms. The molecule has 0 radical (unpaired) electrons. The minimum Gasteiger partial charge on any atom is -0.341 e. The lowest BCUT2D eigenvalue weighted by Gasteiger charge is -2.34. The van der Waals surface area contributed by atoms with Crippen molar-refractivity contribution in [2.24, 2.45) is 0 Å². The zero-order valence-electron chi connectivity index (χ0n) is 13.6. The molecule has 1 fully saturated rings. The molecule has 2 aromatic rings. The summed E-state index contributed by atoms with van der Waals surface area (Å²) in [5, 5.41) is 0. The van der Waals surface area contributed by atoms with Crippen LogP contribution in [-0.2, 0) is 4.74 Å². The summed E-state index contributed by atoms with van der Waals surface area (Å²) in [6.07, 6.45) is -0.206. The fourth-order valence-corrected chi connectivity index (χ4v) is 8.42. The van der Waals surface area contributed by atoms with Crippen LogP contribution in [0.15, 0.2) is 51.1 Å². The first kappa shape index (κ1) is 21.6. The maximum Gasteiger partial charge on any atom is 0.210 e. The zero-order chi connectivity index (χ0) is 19.0. The zero-order valence-corrected chi connectivity index (χ0v) is 23.1. The van der Waals surface area contributed by atoms with Crippen LogP contribution in [0.25, 0.3) is 0 Å². The van der Waals surface area contributed by atoms with Crippen molar-refractivity contribution < 1.29 is 4.74 Å². The first-order chi connectivity index (χ1) is 12.3. The number of rotatable bonds is 4. The molecule has 0 N–H and O–H groups in total. The van der Waals surface area contributed by atoms with E-state index >= 15 is 0 Å². The Bertz CT molecular complexity index is 719. The van der Waals surface area contributed by atoms with Gasteiger partial charge in [0.05, 0.1) is 11.4 Å². The van der Waals surface area contributed by atoms with Gasteiger partial charge >= 0.3 is 0 Å². The monoisotopic (exact) mass is 736 g/mol. The molecule has 0 bridgehead atoms. The standard InChI is InChI=1S/C17H14Br6N2O/c1-2-26-17-24(15-11(20)5-9(18)6-12(15)21)3-4-25(17)16-13(22)7-10(19)8-14(16)23/h5-8,17H,2-4H2,1H3. The molecule has 0 aromatic heterocycles. The van der Waals surface area contributed by atoms with Crippen LogP contribution in [0.5, 0.6) is 0 Å². The van der Waals surface area contributed by atoms with E-state index in [1.807, 2.05) is 6.92 Å². The van der Waals surface area contributed by atoms with E-state index in [1.54, 1.807) is 0 Å². The molecule has 1 heterocycles. The van der Waals surface area contributed by atoms with Gasteiger partial charge in [-0.15, -0.1) is 0 Å². The molecule has 0 saturated carbocycles. The SMILES string of the molecule is CCOC1N(c2c(Br)cc(Br)cc2Br)CCN1c1c(Br)cc(Br)cc1Br. The van der Waals surface area contributed by atoms with E-state index in [9.17, 15) is 0 Å². The Morgan fingerprint density at radius 3 is 1.42 bits per heavy atom. The van der Waals surface area contributed by atoms with Gasteiger partial charge in [-0.2, -0.15) is 0 Å². The van der Waals surface area contributed by atoms with Crippen molar-refractivity contribution >= 4 is 107 Å². The summed E-state index contributed by atoms with van der Waals surface area (Å²) in [5.74, 6) is 0. The highest BCUT2D eigenvalue weighted by molar-refractivity contribution is 9.12. The van der Waals surface area contributed by atoms with Crippen LogP contribution in [0, 0.1) is 0 Å². The van der Waals surface area contributed by atoms with Crippen molar-refractivity contribution in [2.45, 2.75) is 13.3 Å². The highest BCUT2D eigenvalue weighted by atomic mass is 79.9. The Morgan fingerprint density at radius 2 is 1.12 bits per heavy atom. The molecule has 3 rings (SSSR count). The molecule has 0 amide bonds. The van der Waals surface area contributed by atoms with E-state index in [0.29, 0.717) is 6.61 Å². The molecule has 0 aliphatic carbocycles. The van der Waals surface area contributed by atoms with Crippen molar-refractivity contribution in [2.75, 3.05) is 29.5 Å². The lowest BCUT2D eigenvalue weighted by Crippen LogP contribution is -2.42. The van der Waals surface area contributed by atoms with Gasteiger partial charge in [0.25, 0.3) is 0 Å². The van der Waals surface area contributed by atoms with Crippen molar-refractivity contribution in [1.82, 2.24) is 0 Å². The second-order valence-corrected chi connectivity index (χ2v) is 10.9. The van der Waals surface area contributed by atoms with Gasteiger partial charge in [0, 0.05) is 46.5 Å². The van der Waals surface area contributed by atoms with Gasteiger partial charge in [-0.25, -0.2) is 0 Å². The summed E-state index contributed by atoms with van der Waals surface area (Å²) in [5.41, 5.74) is 2.16. The Kier molecular flexibility index (Phi) is 7.58. The van der Waals surface area contributed by atoms with E-state index in [-0.39, 0.29) is 6.35 Å². The van der Waals surface area contributed by atoms with Gasteiger partial charge in [0.2, 0.25) is 6.35 Å². The third-order valence-electron chi connectivity index (χ3n) is 3.97.